The first kappa shape index (κ1) is 13.1. The van der Waals surface area contributed by atoms with Gasteiger partial charge in [-0.1, -0.05) is 18.2 Å². The first-order chi connectivity index (χ1) is 8.57. The Kier molecular flexibility index (Phi) is 3.42. The number of rotatable bonds is 5. The van der Waals surface area contributed by atoms with E-state index in [1.54, 1.807) is 30.3 Å². The molecule has 0 amide bonds. The SMILES string of the molecule is CCOC[C@]1(C#N)C[C@H]1S(=O)(=O)c1ccccc1. The Hall–Kier alpha value is -1.38. The van der Waals surface area contributed by atoms with Crippen LogP contribution in [0.25, 0.3) is 0 Å². The highest BCUT2D eigenvalue weighted by Crippen LogP contribution is 2.52. The smallest absolute Gasteiger partial charge is 0.182 e. The molecule has 1 aliphatic carbocycles. The number of nitriles is 1. The van der Waals surface area contributed by atoms with Gasteiger partial charge in [0, 0.05) is 6.61 Å². The van der Waals surface area contributed by atoms with Gasteiger partial charge in [-0.05, 0) is 25.5 Å². The minimum Gasteiger partial charge on any atom is -0.380 e. The number of hydrogen-bond donors (Lipinski definition) is 0. The Morgan fingerprint density at radius 3 is 2.67 bits per heavy atom. The molecule has 0 spiro atoms. The van der Waals surface area contributed by atoms with Crippen LogP contribution in [0.5, 0.6) is 0 Å². The maximum absolute atomic E-state index is 12.3. The third kappa shape index (κ3) is 2.14. The average molecular weight is 265 g/mol. The van der Waals surface area contributed by atoms with Gasteiger partial charge in [0.15, 0.2) is 9.84 Å². The van der Waals surface area contributed by atoms with Crippen molar-refractivity contribution in [3.05, 3.63) is 30.3 Å². The molecule has 0 radical (unpaired) electrons. The second kappa shape index (κ2) is 4.71. The maximum Gasteiger partial charge on any atom is 0.182 e. The van der Waals surface area contributed by atoms with Gasteiger partial charge in [0.1, 0.15) is 0 Å². The van der Waals surface area contributed by atoms with Crippen molar-refractivity contribution < 1.29 is 13.2 Å². The van der Waals surface area contributed by atoms with Gasteiger partial charge < -0.3 is 4.74 Å². The standard InChI is InChI=1S/C13H15NO3S/c1-2-17-10-13(9-14)8-12(13)18(15,16)11-6-4-3-5-7-11/h3-7,12H,2,8,10H2,1H3/t12-,13-/m1/s1. The topological polar surface area (TPSA) is 67.2 Å². The molecule has 0 bridgehead atoms. The van der Waals surface area contributed by atoms with Crippen LogP contribution < -0.4 is 0 Å². The summed E-state index contributed by atoms with van der Waals surface area (Å²) in [7, 11) is -3.42. The number of hydrogen-bond acceptors (Lipinski definition) is 4. The fourth-order valence-electron chi connectivity index (χ4n) is 2.04. The summed E-state index contributed by atoms with van der Waals surface area (Å²) in [6, 6.07) is 10.4. The van der Waals surface area contributed by atoms with E-state index in [9.17, 15) is 8.42 Å². The molecule has 2 rings (SSSR count). The van der Waals surface area contributed by atoms with Crippen LogP contribution in [0.3, 0.4) is 0 Å². The van der Waals surface area contributed by atoms with Crippen LogP contribution >= 0.6 is 0 Å². The zero-order valence-electron chi connectivity index (χ0n) is 10.2. The Morgan fingerprint density at radius 1 is 1.44 bits per heavy atom. The molecule has 0 N–H and O–H groups in total. The Labute approximate surface area is 107 Å². The van der Waals surface area contributed by atoms with Crippen LogP contribution in [0.15, 0.2) is 35.2 Å². The molecule has 18 heavy (non-hydrogen) atoms. The monoisotopic (exact) mass is 265 g/mol. The van der Waals surface area contributed by atoms with Crippen molar-refractivity contribution in [2.75, 3.05) is 13.2 Å². The van der Waals surface area contributed by atoms with Crippen LogP contribution in [-0.2, 0) is 14.6 Å². The maximum atomic E-state index is 12.3. The van der Waals surface area contributed by atoms with E-state index < -0.39 is 20.5 Å². The highest BCUT2D eigenvalue weighted by atomic mass is 32.2. The lowest BCUT2D eigenvalue weighted by Crippen LogP contribution is -2.19. The minimum absolute atomic E-state index is 0.191. The zero-order chi connectivity index (χ0) is 13.2. The molecule has 1 aromatic rings. The van der Waals surface area contributed by atoms with Gasteiger partial charge in [-0.25, -0.2) is 8.42 Å². The van der Waals surface area contributed by atoms with E-state index >= 15 is 0 Å². The third-order valence-corrected chi connectivity index (χ3v) is 5.53. The Balaban J connectivity index is 2.23. The summed E-state index contributed by atoms with van der Waals surface area (Å²) < 4.78 is 29.9. The molecule has 1 saturated carbocycles. The lowest BCUT2D eigenvalue weighted by molar-refractivity contribution is 0.119. The Bertz CT molecular complexity index is 562. The van der Waals surface area contributed by atoms with E-state index in [-0.39, 0.29) is 11.5 Å². The molecular weight excluding hydrogens is 250 g/mol. The molecule has 0 saturated heterocycles. The molecule has 1 aliphatic rings. The number of sulfone groups is 1. The van der Waals surface area contributed by atoms with Crippen molar-refractivity contribution >= 4 is 9.84 Å². The summed E-state index contributed by atoms with van der Waals surface area (Å²) in [4.78, 5) is 0.281. The van der Waals surface area contributed by atoms with Crippen LogP contribution in [0.4, 0.5) is 0 Å². The number of benzene rings is 1. The largest absolute Gasteiger partial charge is 0.380 e. The molecule has 0 aliphatic heterocycles. The summed E-state index contributed by atoms with van der Waals surface area (Å²) in [5.74, 6) is 0. The lowest BCUT2D eigenvalue weighted by atomic mass is 10.1. The van der Waals surface area contributed by atoms with Crippen LogP contribution in [0, 0.1) is 16.7 Å². The van der Waals surface area contributed by atoms with E-state index in [0.717, 1.165) is 0 Å². The van der Waals surface area contributed by atoms with E-state index in [1.807, 2.05) is 6.92 Å². The molecule has 0 heterocycles. The Morgan fingerprint density at radius 2 is 2.11 bits per heavy atom. The summed E-state index contributed by atoms with van der Waals surface area (Å²) in [5.41, 5.74) is -0.856. The van der Waals surface area contributed by atoms with Crippen LogP contribution in [0.1, 0.15) is 13.3 Å². The van der Waals surface area contributed by atoms with Crippen LogP contribution in [-0.4, -0.2) is 26.9 Å². The molecule has 4 nitrogen and oxygen atoms in total. The zero-order valence-corrected chi connectivity index (χ0v) is 11.0. The predicted molar refractivity (Wildman–Crippen MR) is 66.6 cm³/mol. The quantitative estimate of drug-likeness (QED) is 0.814. The molecule has 0 aromatic heterocycles. The van der Waals surface area contributed by atoms with Crippen molar-refractivity contribution in [1.29, 1.82) is 5.26 Å². The van der Waals surface area contributed by atoms with Gasteiger partial charge in [-0.2, -0.15) is 5.26 Å². The normalized spacial score (nSPS) is 26.6. The van der Waals surface area contributed by atoms with Gasteiger partial charge in [0.2, 0.25) is 0 Å². The van der Waals surface area contributed by atoms with E-state index in [0.29, 0.717) is 13.0 Å². The van der Waals surface area contributed by atoms with Gasteiger partial charge in [0.25, 0.3) is 0 Å². The fourth-order valence-corrected chi connectivity index (χ4v) is 4.14. The lowest BCUT2D eigenvalue weighted by Gasteiger charge is -2.09. The van der Waals surface area contributed by atoms with Gasteiger partial charge in [-0.3, -0.25) is 0 Å². The van der Waals surface area contributed by atoms with Crippen molar-refractivity contribution in [2.24, 2.45) is 5.41 Å². The second-order valence-electron chi connectivity index (χ2n) is 4.46. The highest BCUT2D eigenvalue weighted by molar-refractivity contribution is 7.92. The van der Waals surface area contributed by atoms with Crippen molar-refractivity contribution in [2.45, 2.75) is 23.5 Å². The summed E-state index contributed by atoms with van der Waals surface area (Å²) in [6.45, 7) is 2.51. The first-order valence-corrected chi connectivity index (χ1v) is 7.39. The molecule has 0 unspecified atom stereocenters. The van der Waals surface area contributed by atoms with Crippen molar-refractivity contribution in [3.8, 4) is 6.07 Å². The van der Waals surface area contributed by atoms with Gasteiger partial charge >= 0.3 is 0 Å². The molecular formula is C13H15NO3S. The van der Waals surface area contributed by atoms with E-state index in [1.165, 1.54) is 0 Å². The van der Waals surface area contributed by atoms with Crippen molar-refractivity contribution in [1.82, 2.24) is 0 Å². The highest BCUT2D eigenvalue weighted by Gasteiger charge is 2.62. The summed E-state index contributed by atoms with van der Waals surface area (Å²) in [6.07, 6.45) is 0.362. The van der Waals surface area contributed by atoms with Crippen LogP contribution in [0.2, 0.25) is 0 Å². The molecule has 96 valence electrons. The molecule has 2 atom stereocenters. The van der Waals surface area contributed by atoms with E-state index in [4.69, 9.17) is 10.00 Å². The van der Waals surface area contributed by atoms with Gasteiger partial charge in [-0.15, -0.1) is 0 Å². The second-order valence-corrected chi connectivity index (χ2v) is 6.59. The summed E-state index contributed by atoms with van der Waals surface area (Å²) in [5, 5.41) is 8.53. The average Bonchev–Trinajstić information content (AvgIpc) is 3.14. The molecule has 1 fully saturated rings. The van der Waals surface area contributed by atoms with E-state index in [2.05, 4.69) is 6.07 Å². The fraction of sp³-hybridized carbons (Fsp3) is 0.462. The van der Waals surface area contributed by atoms with Crippen molar-refractivity contribution in [3.63, 3.8) is 0 Å². The minimum atomic E-state index is -3.42. The van der Waals surface area contributed by atoms with Gasteiger partial charge in [0.05, 0.1) is 28.2 Å². The molecule has 1 aromatic carbocycles. The number of nitrogens with zero attached hydrogens (tertiary/aromatic N) is 1. The summed E-state index contributed by atoms with van der Waals surface area (Å²) >= 11 is 0. The first-order valence-electron chi connectivity index (χ1n) is 5.85. The third-order valence-electron chi connectivity index (χ3n) is 3.24. The molecule has 5 heteroatoms. The number of ether oxygens (including phenoxy) is 1. The predicted octanol–water partition coefficient (Wildman–Crippen LogP) is 1.78.